The van der Waals surface area contributed by atoms with Crippen molar-refractivity contribution < 1.29 is 0 Å². The summed E-state index contributed by atoms with van der Waals surface area (Å²) in [4.78, 5) is 8.87. The number of halogens is 1. The lowest BCUT2D eigenvalue weighted by Crippen LogP contribution is -2.06. The first-order valence-electron chi connectivity index (χ1n) is 6.75. The maximum atomic E-state index is 4.45. The fraction of sp³-hybridized carbons (Fsp3) is 0.333. The quantitative estimate of drug-likeness (QED) is 0.882. The molecule has 1 saturated carbocycles. The molecule has 20 heavy (non-hydrogen) atoms. The van der Waals surface area contributed by atoms with Crippen molar-refractivity contribution in [3.05, 3.63) is 40.1 Å². The summed E-state index contributed by atoms with van der Waals surface area (Å²) in [5, 5.41) is 6.77. The molecular weight excluding hydrogens is 316 g/mol. The molecule has 1 aromatic heterocycles. The average Bonchev–Trinajstić information content (AvgIpc) is 3.16. The highest BCUT2D eigenvalue weighted by Crippen LogP contribution is 2.26. The van der Waals surface area contributed by atoms with E-state index in [2.05, 4.69) is 49.5 Å². The van der Waals surface area contributed by atoms with Crippen LogP contribution in [0.25, 0.3) is 0 Å². The molecule has 2 aromatic rings. The van der Waals surface area contributed by atoms with Crippen molar-refractivity contribution in [3.8, 4) is 0 Å². The fourth-order valence-electron chi connectivity index (χ4n) is 2.05. The first kappa shape index (κ1) is 13.4. The van der Waals surface area contributed by atoms with Crippen LogP contribution in [0.2, 0.25) is 0 Å². The van der Waals surface area contributed by atoms with Gasteiger partial charge in [-0.05, 0) is 50.5 Å². The standard InChI is InChI=1S/C15H17BrN4/c1-9-7-11(16)3-6-13(9)20-15-8-14(17-10(2)18-15)19-12-4-5-12/h3,6-8,12H,4-5H2,1-2H3,(H2,17,18,19,20). The van der Waals surface area contributed by atoms with Crippen molar-refractivity contribution in [1.29, 1.82) is 0 Å². The Bertz CT molecular complexity index is 638. The Hall–Kier alpha value is -1.62. The number of rotatable bonds is 4. The molecule has 0 amide bonds. The van der Waals surface area contributed by atoms with Crippen LogP contribution in [0.1, 0.15) is 24.2 Å². The number of aryl methyl sites for hydroxylation is 2. The monoisotopic (exact) mass is 332 g/mol. The van der Waals surface area contributed by atoms with Gasteiger partial charge in [0, 0.05) is 22.3 Å². The second-order valence-electron chi connectivity index (χ2n) is 5.19. The van der Waals surface area contributed by atoms with Gasteiger partial charge in [-0.15, -0.1) is 0 Å². The molecule has 5 heteroatoms. The molecule has 1 fully saturated rings. The van der Waals surface area contributed by atoms with Gasteiger partial charge in [0.05, 0.1) is 0 Å². The normalized spacial score (nSPS) is 14.2. The van der Waals surface area contributed by atoms with Gasteiger partial charge >= 0.3 is 0 Å². The van der Waals surface area contributed by atoms with Gasteiger partial charge in [0.2, 0.25) is 0 Å². The van der Waals surface area contributed by atoms with Gasteiger partial charge in [-0.3, -0.25) is 0 Å². The third-order valence-electron chi connectivity index (χ3n) is 3.22. The van der Waals surface area contributed by atoms with Crippen LogP contribution in [-0.2, 0) is 0 Å². The molecule has 0 aliphatic heterocycles. The van der Waals surface area contributed by atoms with E-state index in [1.165, 1.54) is 18.4 Å². The summed E-state index contributed by atoms with van der Waals surface area (Å²) in [5.41, 5.74) is 2.23. The van der Waals surface area contributed by atoms with Crippen LogP contribution in [0.3, 0.4) is 0 Å². The van der Waals surface area contributed by atoms with Gasteiger partial charge in [0.1, 0.15) is 17.5 Å². The van der Waals surface area contributed by atoms with Gasteiger partial charge in [-0.1, -0.05) is 15.9 Å². The van der Waals surface area contributed by atoms with Crippen molar-refractivity contribution in [1.82, 2.24) is 9.97 Å². The SMILES string of the molecule is Cc1nc(Nc2ccc(Br)cc2C)cc(NC2CC2)n1. The fourth-order valence-corrected chi connectivity index (χ4v) is 2.52. The Morgan fingerprint density at radius 2 is 1.85 bits per heavy atom. The van der Waals surface area contributed by atoms with Crippen molar-refractivity contribution in [2.75, 3.05) is 10.6 Å². The highest BCUT2D eigenvalue weighted by molar-refractivity contribution is 9.10. The number of hydrogen-bond donors (Lipinski definition) is 2. The van der Waals surface area contributed by atoms with E-state index in [-0.39, 0.29) is 0 Å². The predicted molar refractivity (Wildman–Crippen MR) is 85.6 cm³/mol. The van der Waals surface area contributed by atoms with Gasteiger partial charge in [0.25, 0.3) is 0 Å². The topological polar surface area (TPSA) is 49.8 Å². The number of nitrogens with zero attached hydrogens (tertiary/aromatic N) is 2. The van der Waals surface area contributed by atoms with E-state index >= 15 is 0 Å². The van der Waals surface area contributed by atoms with Crippen LogP contribution in [-0.4, -0.2) is 16.0 Å². The summed E-state index contributed by atoms with van der Waals surface area (Å²) >= 11 is 3.48. The summed E-state index contributed by atoms with van der Waals surface area (Å²) in [6.45, 7) is 3.99. The molecule has 1 aliphatic carbocycles. The third kappa shape index (κ3) is 3.28. The smallest absolute Gasteiger partial charge is 0.136 e. The van der Waals surface area contributed by atoms with Crippen molar-refractivity contribution >= 4 is 33.3 Å². The minimum absolute atomic E-state index is 0.589. The first-order chi connectivity index (χ1) is 9.60. The predicted octanol–water partition coefficient (Wildman–Crippen LogP) is 4.17. The van der Waals surface area contributed by atoms with Gasteiger partial charge in [-0.2, -0.15) is 0 Å². The molecule has 3 rings (SSSR count). The molecule has 4 nitrogen and oxygen atoms in total. The Morgan fingerprint density at radius 3 is 2.55 bits per heavy atom. The van der Waals surface area contributed by atoms with Gasteiger partial charge < -0.3 is 10.6 Å². The van der Waals surface area contributed by atoms with Crippen LogP contribution in [0.15, 0.2) is 28.7 Å². The van der Waals surface area contributed by atoms with E-state index in [4.69, 9.17) is 0 Å². The van der Waals surface area contributed by atoms with Crippen molar-refractivity contribution in [3.63, 3.8) is 0 Å². The zero-order chi connectivity index (χ0) is 14.1. The number of aromatic nitrogens is 2. The first-order valence-corrected chi connectivity index (χ1v) is 7.55. The van der Waals surface area contributed by atoms with Crippen LogP contribution >= 0.6 is 15.9 Å². The van der Waals surface area contributed by atoms with E-state index in [1.807, 2.05) is 25.1 Å². The summed E-state index contributed by atoms with van der Waals surface area (Å²) in [5.74, 6) is 2.50. The summed E-state index contributed by atoms with van der Waals surface area (Å²) < 4.78 is 1.08. The van der Waals surface area contributed by atoms with Crippen LogP contribution in [0.5, 0.6) is 0 Å². The molecule has 0 unspecified atom stereocenters. The number of anilines is 3. The van der Waals surface area contributed by atoms with Crippen LogP contribution in [0.4, 0.5) is 17.3 Å². The molecule has 0 bridgehead atoms. The zero-order valence-electron chi connectivity index (χ0n) is 11.6. The Labute approximate surface area is 127 Å². The molecule has 0 atom stereocenters. The van der Waals surface area contributed by atoms with E-state index in [0.717, 1.165) is 27.6 Å². The lowest BCUT2D eigenvalue weighted by atomic mass is 10.2. The minimum atomic E-state index is 0.589. The zero-order valence-corrected chi connectivity index (χ0v) is 13.2. The summed E-state index contributed by atoms with van der Waals surface area (Å²) in [7, 11) is 0. The van der Waals surface area contributed by atoms with Crippen molar-refractivity contribution in [2.24, 2.45) is 0 Å². The van der Waals surface area contributed by atoms with Crippen LogP contribution < -0.4 is 10.6 Å². The van der Waals surface area contributed by atoms with Gasteiger partial charge in [-0.25, -0.2) is 9.97 Å². The highest BCUT2D eigenvalue weighted by Gasteiger charge is 2.21. The third-order valence-corrected chi connectivity index (χ3v) is 3.71. The summed E-state index contributed by atoms with van der Waals surface area (Å²) in [6.07, 6.45) is 2.47. The number of benzene rings is 1. The van der Waals surface area contributed by atoms with E-state index in [9.17, 15) is 0 Å². The summed E-state index contributed by atoms with van der Waals surface area (Å²) in [6, 6.07) is 8.70. The van der Waals surface area contributed by atoms with Crippen molar-refractivity contribution in [2.45, 2.75) is 32.7 Å². The highest BCUT2D eigenvalue weighted by atomic mass is 79.9. The van der Waals surface area contributed by atoms with Gasteiger partial charge in [0.15, 0.2) is 0 Å². The maximum Gasteiger partial charge on any atom is 0.136 e. The molecule has 1 heterocycles. The Kier molecular flexibility index (Phi) is 3.61. The second kappa shape index (κ2) is 5.40. The lowest BCUT2D eigenvalue weighted by Gasteiger charge is -2.11. The molecule has 2 N–H and O–H groups in total. The van der Waals surface area contributed by atoms with E-state index < -0.39 is 0 Å². The largest absolute Gasteiger partial charge is 0.367 e. The Balaban J connectivity index is 1.83. The molecular formula is C15H17BrN4. The minimum Gasteiger partial charge on any atom is -0.367 e. The molecule has 1 aromatic carbocycles. The second-order valence-corrected chi connectivity index (χ2v) is 6.10. The van der Waals surface area contributed by atoms with E-state index in [0.29, 0.717) is 6.04 Å². The maximum absolute atomic E-state index is 4.45. The number of nitrogens with one attached hydrogen (secondary N) is 2. The van der Waals surface area contributed by atoms with Crippen LogP contribution in [0, 0.1) is 13.8 Å². The van der Waals surface area contributed by atoms with E-state index in [1.54, 1.807) is 0 Å². The molecule has 0 radical (unpaired) electrons. The molecule has 0 saturated heterocycles. The molecule has 1 aliphatic rings. The average molecular weight is 333 g/mol. The lowest BCUT2D eigenvalue weighted by molar-refractivity contribution is 1.02. The molecule has 104 valence electrons. The molecule has 0 spiro atoms. The number of hydrogen-bond acceptors (Lipinski definition) is 4. The Morgan fingerprint density at radius 1 is 1.10 bits per heavy atom.